The number of carbonyl (C=O) groups excluding carboxylic acids is 1. The number of alkyl halides is 3. The number of imidazole rings is 1. The van der Waals surface area contributed by atoms with Gasteiger partial charge in [-0.2, -0.15) is 13.2 Å². The first-order valence-electron chi connectivity index (χ1n) is 16.8. The standard InChI is InChI=1S/C40H43F3N4O5/c1-26-23-31(11-15-34(26)49-3)36-37(32-12-16-35(50-4)27(2)24-32)47(38(46-36)29-9-13-33(14-10-29)40(41,42)43)25-28-5-7-30(8-6-28)39(48)45-18-20-52-22-21-51-19-17-44/h5-16,23-24H,17-22,25,44H2,1-4H3,(H,45,48). The molecule has 1 heterocycles. The second kappa shape index (κ2) is 17.4. The van der Waals surface area contributed by atoms with E-state index < -0.39 is 11.7 Å². The summed E-state index contributed by atoms with van der Waals surface area (Å²) in [4.78, 5) is 18.0. The number of aryl methyl sites for hydroxylation is 2. The number of amides is 1. The number of ether oxygens (including phenoxy) is 4. The van der Waals surface area contributed by atoms with Crippen LogP contribution in [-0.2, 0) is 22.2 Å². The van der Waals surface area contributed by atoms with Crippen LogP contribution in [0, 0.1) is 13.8 Å². The Morgan fingerprint density at radius 2 is 1.35 bits per heavy atom. The van der Waals surface area contributed by atoms with Crippen LogP contribution in [0.5, 0.6) is 11.5 Å². The van der Waals surface area contributed by atoms with Gasteiger partial charge in [0, 0.05) is 41.9 Å². The minimum absolute atomic E-state index is 0.242. The lowest BCUT2D eigenvalue weighted by Crippen LogP contribution is -2.27. The molecule has 5 rings (SSSR count). The first kappa shape index (κ1) is 38.1. The maximum Gasteiger partial charge on any atom is 0.416 e. The van der Waals surface area contributed by atoms with Crippen molar-refractivity contribution >= 4 is 5.91 Å². The Hall–Kier alpha value is -5.17. The first-order valence-corrected chi connectivity index (χ1v) is 16.8. The lowest BCUT2D eigenvalue weighted by molar-refractivity contribution is -0.137. The van der Waals surface area contributed by atoms with E-state index in [2.05, 4.69) is 5.32 Å². The maximum absolute atomic E-state index is 13.6. The van der Waals surface area contributed by atoms with Crippen LogP contribution < -0.4 is 20.5 Å². The second-order valence-electron chi connectivity index (χ2n) is 12.1. The largest absolute Gasteiger partial charge is 0.496 e. The highest BCUT2D eigenvalue weighted by Crippen LogP contribution is 2.40. The molecule has 0 aliphatic heterocycles. The van der Waals surface area contributed by atoms with E-state index in [9.17, 15) is 18.0 Å². The molecule has 0 aliphatic carbocycles. The number of rotatable bonds is 16. The molecule has 3 N–H and O–H groups in total. The van der Waals surface area contributed by atoms with Crippen LogP contribution in [0.4, 0.5) is 13.2 Å². The molecule has 0 atom stereocenters. The number of nitrogens with zero attached hydrogens (tertiary/aromatic N) is 2. The third kappa shape index (κ3) is 9.19. The average molecular weight is 717 g/mol. The van der Waals surface area contributed by atoms with Gasteiger partial charge < -0.3 is 34.6 Å². The molecule has 1 aromatic heterocycles. The highest BCUT2D eigenvalue weighted by Gasteiger charge is 2.30. The molecule has 0 radical (unpaired) electrons. The first-order chi connectivity index (χ1) is 25.0. The fraction of sp³-hybridized carbons (Fsp3) is 0.300. The van der Waals surface area contributed by atoms with Crippen molar-refractivity contribution in [3.8, 4) is 45.4 Å². The third-order valence-corrected chi connectivity index (χ3v) is 8.50. The molecular weight excluding hydrogens is 673 g/mol. The van der Waals surface area contributed by atoms with Crippen LogP contribution in [0.3, 0.4) is 0 Å². The zero-order valence-corrected chi connectivity index (χ0v) is 29.7. The van der Waals surface area contributed by atoms with Gasteiger partial charge in [0.2, 0.25) is 0 Å². The molecule has 12 heteroatoms. The van der Waals surface area contributed by atoms with E-state index in [1.165, 1.54) is 12.1 Å². The monoisotopic (exact) mass is 716 g/mol. The van der Waals surface area contributed by atoms with Crippen molar-refractivity contribution < 1.29 is 36.9 Å². The molecule has 1 amide bonds. The highest BCUT2D eigenvalue weighted by atomic mass is 19.4. The average Bonchev–Trinajstić information content (AvgIpc) is 3.51. The molecule has 4 aromatic carbocycles. The maximum atomic E-state index is 13.6. The number of benzene rings is 4. The molecule has 0 aliphatic rings. The lowest BCUT2D eigenvalue weighted by Gasteiger charge is -2.16. The van der Waals surface area contributed by atoms with Gasteiger partial charge in [-0.15, -0.1) is 0 Å². The van der Waals surface area contributed by atoms with Crippen LogP contribution in [0.25, 0.3) is 33.9 Å². The second-order valence-corrected chi connectivity index (χ2v) is 12.1. The van der Waals surface area contributed by atoms with Gasteiger partial charge >= 0.3 is 6.18 Å². The third-order valence-electron chi connectivity index (χ3n) is 8.50. The van der Waals surface area contributed by atoms with E-state index in [1.54, 1.807) is 26.4 Å². The Bertz CT molecular complexity index is 1960. The minimum atomic E-state index is -4.48. The van der Waals surface area contributed by atoms with E-state index in [0.29, 0.717) is 68.7 Å². The normalized spacial score (nSPS) is 11.5. The Kier molecular flexibility index (Phi) is 12.7. The summed E-state index contributed by atoms with van der Waals surface area (Å²) in [7, 11) is 3.22. The fourth-order valence-electron chi connectivity index (χ4n) is 5.87. The number of halogens is 3. The Labute approximate surface area is 301 Å². The summed E-state index contributed by atoms with van der Waals surface area (Å²) >= 11 is 0. The molecule has 0 saturated carbocycles. The van der Waals surface area contributed by atoms with Gasteiger partial charge in [-0.25, -0.2) is 4.98 Å². The van der Waals surface area contributed by atoms with Crippen molar-refractivity contribution in [3.05, 3.63) is 113 Å². The zero-order valence-electron chi connectivity index (χ0n) is 29.7. The SMILES string of the molecule is COc1ccc(-c2nc(-c3ccc(C(F)(F)F)cc3)n(Cc3ccc(C(=O)NCCOCCOCCN)cc3)c2-c2ccc(OC)c(C)c2)cc1C. The lowest BCUT2D eigenvalue weighted by atomic mass is 10.0. The topological polar surface area (TPSA) is 110 Å². The van der Waals surface area contributed by atoms with Crippen LogP contribution in [0.15, 0.2) is 84.9 Å². The van der Waals surface area contributed by atoms with E-state index in [4.69, 9.17) is 29.7 Å². The number of hydrogen-bond acceptors (Lipinski definition) is 7. The molecule has 274 valence electrons. The minimum Gasteiger partial charge on any atom is -0.496 e. The van der Waals surface area contributed by atoms with E-state index >= 15 is 0 Å². The van der Waals surface area contributed by atoms with Gasteiger partial charge in [-0.3, -0.25) is 4.79 Å². The summed E-state index contributed by atoms with van der Waals surface area (Å²) < 4.78 is 64.5. The van der Waals surface area contributed by atoms with Crippen LogP contribution in [0.1, 0.15) is 32.6 Å². The number of hydrogen-bond donors (Lipinski definition) is 2. The van der Waals surface area contributed by atoms with Crippen molar-refractivity contribution in [2.45, 2.75) is 26.6 Å². The van der Waals surface area contributed by atoms with E-state index in [1.807, 2.05) is 66.9 Å². The van der Waals surface area contributed by atoms with Gasteiger partial charge in [0.25, 0.3) is 5.91 Å². The summed E-state index contributed by atoms with van der Waals surface area (Å²) in [6.45, 7) is 6.64. The molecular formula is C40H43F3N4O5. The number of methoxy groups -OCH3 is 2. The molecule has 9 nitrogen and oxygen atoms in total. The molecule has 0 fully saturated rings. The van der Waals surface area contributed by atoms with Gasteiger partial charge in [0.15, 0.2) is 0 Å². The molecule has 52 heavy (non-hydrogen) atoms. The van der Waals surface area contributed by atoms with Crippen molar-refractivity contribution in [1.82, 2.24) is 14.9 Å². The van der Waals surface area contributed by atoms with E-state index in [0.717, 1.165) is 57.1 Å². The van der Waals surface area contributed by atoms with Crippen molar-refractivity contribution in [3.63, 3.8) is 0 Å². The van der Waals surface area contributed by atoms with Crippen molar-refractivity contribution in [2.75, 3.05) is 53.7 Å². The van der Waals surface area contributed by atoms with Gasteiger partial charge in [0.05, 0.1) is 57.6 Å². The summed E-state index contributed by atoms with van der Waals surface area (Å²) in [5.41, 5.74) is 11.4. The summed E-state index contributed by atoms with van der Waals surface area (Å²) in [6, 6.07) is 23.8. The predicted octanol–water partition coefficient (Wildman–Crippen LogP) is 7.31. The Morgan fingerprint density at radius 1 is 0.769 bits per heavy atom. The number of nitrogens with two attached hydrogens (primary N) is 1. The number of carbonyl (C=O) groups is 1. The molecule has 5 aromatic rings. The quantitative estimate of drug-likeness (QED) is 0.103. The predicted molar refractivity (Wildman–Crippen MR) is 195 cm³/mol. The van der Waals surface area contributed by atoms with Gasteiger partial charge in [-0.05, 0) is 91.2 Å². The molecule has 0 spiro atoms. The van der Waals surface area contributed by atoms with E-state index in [-0.39, 0.29) is 5.91 Å². The highest BCUT2D eigenvalue weighted by molar-refractivity contribution is 5.94. The smallest absolute Gasteiger partial charge is 0.416 e. The van der Waals surface area contributed by atoms with Crippen molar-refractivity contribution in [1.29, 1.82) is 0 Å². The van der Waals surface area contributed by atoms with Crippen LogP contribution >= 0.6 is 0 Å². The van der Waals surface area contributed by atoms with Crippen molar-refractivity contribution in [2.24, 2.45) is 5.73 Å². The molecule has 0 saturated heterocycles. The molecule has 0 unspecified atom stereocenters. The number of aromatic nitrogens is 2. The fourth-order valence-corrected chi connectivity index (χ4v) is 5.87. The molecule has 0 bridgehead atoms. The van der Waals surface area contributed by atoms with Crippen LogP contribution in [-0.4, -0.2) is 69.2 Å². The zero-order chi connectivity index (χ0) is 37.3. The summed E-state index contributed by atoms with van der Waals surface area (Å²) in [5, 5.41) is 2.86. The van der Waals surface area contributed by atoms with Crippen LogP contribution in [0.2, 0.25) is 0 Å². The summed E-state index contributed by atoms with van der Waals surface area (Å²) in [6.07, 6.45) is -4.48. The van der Waals surface area contributed by atoms with Gasteiger partial charge in [-0.1, -0.05) is 24.3 Å². The Morgan fingerprint density at radius 3 is 1.92 bits per heavy atom. The Balaban J connectivity index is 1.53. The van der Waals surface area contributed by atoms with Gasteiger partial charge in [0.1, 0.15) is 17.3 Å². The number of nitrogens with one attached hydrogen (secondary N) is 1. The summed E-state index contributed by atoms with van der Waals surface area (Å²) in [5.74, 6) is 1.68.